The Bertz CT molecular complexity index is 964. The number of ketones is 1. The van der Waals surface area contributed by atoms with E-state index in [2.05, 4.69) is 10.6 Å². The predicted octanol–water partition coefficient (Wildman–Crippen LogP) is 4.02. The summed E-state index contributed by atoms with van der Waals surface area (Å²) in [4.78, 5) is 49.3. The summed E-state index contributed by atoms with van der Waals surface area (Å²) in [5.74, 6) is -1.42. The number of ether oxygens (including phenoxy) is 2. The standard InChI is InChI=1S/C25H34N2O7S/c1-24(2,3)33-22(31)26-17(21(29)30)14-35-19-13-18(28)16(12-15-10-8-7-9-11-15)20(19)27-23(32)34-25(4,5)6/h7-12,17,19-20H,13-14H2,1-6H3,(H,26,31)(H,27,32)(H,29,30)/b16-12+/t17-,19+,20-/m0/s1. The zero-order valence-electron chi connectivity index (χ0n) is 20.9. The molecule has 1 fully saturated rings. The molecule has 0 saturated heterocycles. The summed E-state index contributed by atoms with van der Waals surface area (Å²) >= 11 is 1.18. The molecule has 1 aliphatic carbocycles. The lowest BCUT2D eigenvalue weighted by atomic mass is 10.1. The summed E-state index contributed by atoms with van der Waals surface area (Å²) < 4.78 is 10.5. The highest BCUT2D eigenvalue weighted by atomic mass is 32.2. The van der Waals surface area contributed by atoms with E-state index in [1.165, 1.54) is 11.8 Å². The largest absolute Gasteiger partial charge is 0.480 e. The Hall–Kier alpha value is -3.01. The average molecular weight is 507 g/mol. The Morgan fingerprint density at radius 2 is 1.63 bits per heavy atom. The fraction of sp³-hybridized carbons (Fsp3) is 0.520. The minimum Gasteiger partial charge on any atom is -0.480 e. The van der Waals surface area contributed by atoms with Crippen molar-refractivity contribution in [2.75, 3.05) is 5.75 Å². The van der Waals surface area contributed by atoms with Gasteiger partial charge in [-0.2, -0.15) is 11.8 Å². The number of Topliss-reactive ketones (excluding diaryl/α,β-unsaturated/α-hetero) is 1. The van der Waals surface area contributed by atoms with Crippen LogP contribution in [0.3, 0.4) is 0 Å². The number of carboxylic acid groups (broad SMARTS) is 1. The minimum atomic E-state index is -1.24. The number of benzene rings is 1. The Morgan fingerprint density at radius 3 is 2.17 bits per heavy atom. The van der Waals surface area contributed by atoms with Crippen LogP contribution in [-0.2, 0) is 19.1 Å². The van der Waals surface area contributed by atoms with Gasteiger partial charge < -0.3 is 25.2 Å². The molecule has 10 heteroatoms. The van der Waals surface area contributed by atoms with Gasteiger partial charge in [-0.15, -0.1) is 0 Å². The van der Waals surface area contributed by atoms with Crippen molar-refractivity contribution < 1.29 is 33.8 Å². The maximum Gasteiger partial charge on any atom is 0.408 e. The van der Waals surface area contributed by atoms with Gasteiger partial charge in [0.15, 0.2) is 5.78 Å². The van der Waals surface area contributed by atoms with Gasteiger partial charge in [-0.25, -0.2) is 14.4 Å². The molecule has 192 valence electrons. The van der Waals surface area contributed by atoms with Gasteiger partial charge in [0.2, 0.25) is 0 Å². The second kappa shape index (κ2) is 11.6. The first-order valence-corrected chi connectivity index (χ1v) is 12.3. The third-order valence-corrected chi connectivity index (χ3v) is 6.07. The number of carbonyl (C=O) groups excluding carboxylic acids is 3. The van der Waals surface area contributed by atoms with E-state index >= 15 is 0 Å². The van der Waals surface area contributed by atoms with Crippen molar-refractivity contribution in [3.05, 3.63) is 41.5 Å². The van der Waals surface area contributed by atoms with Crippen LogP contribution in [0, 0.1) is 0 Å². The summed E-state index contributed by atoms with van der Waals surface area (Å²) in [5, 5.41) is 14.3. The van der Waals surface area contributed by atoms with Crippen LogP contribution in [0.2, 0.25) is 0 Å². The van der Waals surface area contributed by atoms with Gasteiger partial charge in [0.05, 0.1) is 6.04 Å². The molecule has 3 N–H and O–H groups in total. The summed E-state index contributed by atoms with van der Waals surface area (Å²) in [6.45, 7) is 10.2. The molecule has 2 amide bonds. The maximum atomic E-state index is 12.9. The summed E-state index contributed by atoms with van der Waals surface area (Å²) in [6.07, 6.45) is 0.297. The van der Waals surface area contributed by atoms with Gasteiger partial charge in [0, 0.05) is 23.0 Å². The van der Waals surface area contributed by atoms with E-state index in [4.69, 9.17) is 9.47 Å². The van der Waals surface area contributed by atoms with Crippen LogP contribution < -0.4 is 10.6 Å². The SMILES string of the molecule is CC(C)(C)OC(=O)N[C@@H](CS[C@@H]1CC(=O)/C(=C\c2ccccc2)[C@@H]1NC(=O)OC(C)(C)C)C(=O)O. The highest BCUT2D eigenvalue weighted by Crippen LogP contribution is 2.34. The van der Waals surface area contributed by atoms with Gasteiger partial charge in [0.25, 0.3) is 0 Å². The number of hydrogen-bond donors (Lipinski definition) is 3. The Balaban J connectivity index is 2.21. The van der Waals surface area contributed by atoms with Crippen LogP contribution in [0.4, 0.5) is 9.59 Å². The zero-order valence-corrected chi connectivity index (χ0v) is 21.7. The third-order valence-electron chi connectivity index (χ3n) is 4.68. The lowest BCUT2D eigenvalue weighted by Gasteiger charge is -2.26. The molecule has 35 heavy (non-hydrogen) atoms. The van der Waals surface area contributed by atoms with Crippen LogP contribution in [0.15, 0.2) is 35.9 Å². The number of aliphatic carboxylic acids is 1. The molecule has 9 nitrogen and oxygen atoms in total. The molecule has 3 atom stereocenters. The van der Waals surface area contributed by atoms with E-state index in [9.17, 15) is 24.3 Å². The summed E-state index contributed by atoms with van der Waals surface area (Å²) in [6, 6.07) is 7.29. The van der Waals surface area contributed by atoms with Gasteiger partial charge >= 0.3 is 18.2 Å². The fourth-order valence-corrected chi connectivity index (χ4v) is 4.64. The molecule has 0 radical (unpaired) electrons. The number of alkyl carbamates (subject to hydrolysis) is 2. The number of amides is 2. The topological polar surface area (TPSA) is 131 Å². The number of nitrogens with one attached hydrogen (secondary N) is 2. The van der Waals surface area contributed by atoms with Crippen LogP contribution in [-0.4, -0.2) is 63.3 Å². The number of hydrogen-bond acceptors (Lipinski definition) is 7. The quantitative estimate of drug-likeness (QED) is 0.473. The van der Waals surface area contributed by atoms with E-state index in [-0.39, 0.29) is 18.0 Å². The van der Waals surface area contributed by atoms with E-state index in [1.54, 1.807) is 47.6 Å². The molecule has 0 aliphatic heterocycles. The lowest BCUT2D eigenvalue weighted by Crippen LogP contribution is -2.46. The van der Waals surface area contributed by atoms with Crippen LogP contribution in [0.25, 0.3) is 6.08 Å². The first-order chi connectivity index (χ1) is 16.1. The number of carboxylic acids is 1. The van der Waals surface area contributed by atoms with Gasteiger partial charge in [0.1, 0.15) is 17.2 Å². The molecule has 2 rings (SSSR count). The van der Waals surface area contributed by atoms with Crippen molar-refractivity contribution in [2.45, 2.75) is 76.5 Å². The number of rotatable bonds is 7. The zero-order chi connectivity index (χ0) is 26.4. The molecule has 1 aliphatic rings. The highest BCUT2D eigenvalue weighted by Gasteiger charge is 2.40. The monoisotopic (exact) mass is 506 g/mol. The number of carbonyl (C=O) groups is 4. The second-order valence-electron chi connectivity index (χ2n) is 10.2. The highest BCUT2D eigenvalue weighted by molar-refractivity contribution is 8.00. The first kappa shape index (κ1) is 28.2. The smallest absolute Gasteiger partial charge is 0.408 e. The van der Waals surface area contributed by atoms with E-state index in [0.29, 0.717) is 5.57 Å². The number of thioether (sulfide) groups is 1. The molecular weight excluding hydrogens is 472 g/mol. The molecule has 1 aromatic carbocycles. The minimum absolute atomic E-state index is 0.0301. The van der Waals surface area contributed by atoms with Crippen molar-refractivity contribution in [3.8, 4) is 0 Å². The predicted molar refractivity (Wildman–Crippen MR) is 134 cm³/mol. The van der Waals surface area contributed by atoms with Gasteiger partial charge in [-0.1, -0.05) is 30.3 Å². The van der Waals surface area contributed by atoms with Crippen molar-refractivity contribution >= 4 is 41.8 Å². The Labute approximate surface area is 210 Å². The normalized spacial score (nSPS) is 20.3. The van der Waals surface area contributed by atoms with Crippen molar-refractivity contribution in [1.82, 2.24) is 10.6 Å². The Kier molecular flexibility index (Phi) is 9.37. The van der Waals surface area contributed by atoms with Crippen molar-refractivity contribution in [3.63, 3.8) is 0 Å². The summed E-state index contributed by atoms with van der Waals surface area (Å²) in [7, 11) is 0. The maximum absolute atomic E-state index is 12.9. The lowest BCUT2D eigenvalue weighted by molar-refractivity contribution is -0.138. The van der Waals surface area contributed by atoms with Crippen molar-refractivity contribution in [2.24, 2.45) is 0 Å². The van der Waals surface area contributed by atoms with Gasteiger partial charge in [-0.3, -0.25) is 4.79 Å². The molecule has 1 aromatic rings. The molecular formula is C25H34N2O7S. The third kappa shape index (κ3) is 9.64. The van der Waals surface area contributed by atoms with Gasteiger partial charge in [-0.05, 0) is 53.2 Å². The molecule has 0 spiro atoms. The van der Waals surface area contributed by atoms with Crippen LogP contribution in [0.5, 0.6) is 0 Å². The molecule has 1 saturated carbocycles. The molecule has 0 unspecified atom stereocenters. The van der Waals surface area contributed by atoms with E-state index in [0.717, 1.165) is 5.56 Å². The van der Waals surface area contributed by atoms with E-state index < -0.39 is 46.7 Å². The molecule has 0 bridgehead atoms. The average Bonchev–Trinajstić information content (AvgIpc) is 2.97. The summed E-state index contributed by atoms with van der Waals surface area (Å²) in [5.41, 5.74) is -0.304. The second-order valence-corrected chi connectivity index (χ2v) is 11.4. The first-order valence-electron chi connectivity index (χ1n) is 11.3. The molecule has 0 aromatic heterocycles. The van der Waals surface area contributed by atoms with Crippen molar-refractivity contribution in [1.29, 1.82) is 0 Å². The Morgan fingerprint density at radius 1 is 1.06 bits per heavy atom. The van der Waals surface area contributed by atoms with Crippen LogP contribution >= 0.6 is 11.8 Å². The fourth-order valence-electron chi connectivity index (χ4n) is 3.30. The van der Waals surface area contributed by atoms with E-state index in [1.807, 2.05) is 30.3 Å². The van der Waals surface area contributed by atoms with Crippen LogP contribution in [0.1, 0.15) is 53.5 Å². The molecule has 0 heterocycles.